The third-order valence-corrected chi connectivity index (χ3v) is 3.36. The molecule has 0 radical (unpaired) electrons. The topological polar surface area (TPSA) is 51.0 Å². The zero-order valence-electron chi connectivity index (χ0n) is 10.5. The van der Waals surface area contributed by atoms with E-state index >= 15 is 0 Å². The Bertz CT molecular complexity index is 512. The fraction of sp³-hybridized carbons (Fsp3) is 0.429. The van der Waals surface area contributed by atoms with Crippen LogP contribution in [0.4, 0.5) is 0 Å². The van der Waals surface area contributed by atoms with Gasteiger partial charge in [-0.1, -0.05) is 41.4 Å². The summed E-state index contributed by atoms with van der Waals surface area (Å²) in [7, 11) is 0. The van der Waals surface area contributed by atoms with E-state index in [1.165, 1.54) is 18.4 Å². The number of rotatable bonds is 2. The van der Waals surface area contributed by atoms with Crippen molar-refractivity contribution in [2.24, 2.45) is 0 Å². The van der Waals surface area contributed by atoms with Crippen molar-refractivity contribution in [2.75, 3.05) is 6.54 Å². The number of hydrogen-bond donors (Lipinski definition) is 1. The molecule has 0 saturated carbocycles. The molecule has 4 nitrogen and oxygen atoms in total. The van der Waals surface area contributed by atoms with Gasteiger partial charge in [-0.3, -0.25) is 0 Å². The molecule has 1 atom stereocenters. The van der Waals surface area contributed by atoms with E-state index in [1.54, 1.807) is 0 Å². The molecular formula is C14H17N3O. The quantitative estimate of drug-likeness (QED) is 0.881. The highest BCUT2D eigenvalue weighted by Gasteiger charge is 2.21. The molecule has 94 valence electrons. The maximum absolute atomic E-state index is 5.37. The van der Waals surface area contributed by atoms with Crippen molar-refractivity contribution >= 4 is 0 Å². The molecule has 0 aliphatic carbocycles. The number of benzene rings is 1. The van der Waals surface area contributed by atoms with E-state index in [1.807, 2.05) is 12.1 Å². The van der Waals surface area contributed by atoms with E-state index < -0.39 is 0 Å². The Morgan fingerprint density at radius 3 is 2.78 bits per heavy atom. The number of piperidine rings is 1. The van der Waals surface area contributed by atoms with Crippen molar-refractivity contribution in [3.05, 3.63) is 35.7 Å². The fourth-order valence-corrected chi connectivity index (χ4v) is 2.26. The molecule has 3 rings (SSSR count). The number of nitrogens with one attached hydrogen (secondary N) is 1. The lowest BCUT2D eigenvalue weighted by Crippen LogP contribution is -2.26. The number of aromatic nitrogens is 2. The SMILES string of the molecule is Cc1ccc(-c2noc([C@@H]3CCCCN3)n2)cc1. The first-order chi connectivity index (χ1) is 8.83. The van der Waals surface area contributed by atoms with Gasteiger partial charge in [0.2, 0.25) is 11.7 Å². The number of aryl methyl sites for hydroxylation is 1. The highest BCUT2D eigenvalue weighted by atomic mass is 16.5. The Morgan fingerprint density at radius 2 is 2.06 bits per heavy atom. The van der Waals surface area contributed by atoms with Crippen LogP contribution in [0, 0.1) is 6.92 Å². The third kappa shape index (κ3) is 2.29. The summed E-state index contributed by atoms with van der Waals surface area (Å²) in [6.45, 7) is 3.10. The molecule has 1 fully saturated rings. The van der Waals surface area contributed by atoms with E-state index in [4.69, 9.17) is 4.52 Å². The zero-order chi connectivity index (χ0) is 12.4. The number of hydrogen-bond acceptors (Lipinski definition) is 4. The van der Waals surface area contributed by atoms with Gasteiger partial charge >= 0.3 is 0 Å². The average Bonchev–Trinajstić information content (AvgIpc) is 2.90. The van der Waals surface area contributed by atoms with Crippen molar-refractivity contribution < 1.29 is 4.52 Å². The summed E-state index contributed by atoms with van der Waals surface area (Å²) in [6, 6.07) is 8.40. The van der Waals surface area contributed by atoms with Gasteiger partial charge < -0.3 is 9.84 Å². The molecule has 1 aromatic heterocycles. The minimum absolute atomic E-state index is 0.227. The molecule has 0 bridgehead atoms. The summed E-state index contributed by atoms with van der Waals surface area (Å²) >= 11 is 0. The smallest absolute Gasteiger partial charge is 0.244 e. The number of nitrogens with zero attached hydrogens (tertiary/aromatic N) is 2. The van der Waals surface area contributed by atoms with Crippen LogP contribution in [0.2, 0.25) is 0 Å². The van der Waals surface area contributed by atoms with Crippen LogP contribution in [0.25, 0.3) is 11.4 Å². The molecule has 0 amide bonds. The van der Waals surface area contributed by atoms with Crippen LogP contribution in [-0.4, -0.2) is 16.7 Å². The van der Waals surface area contributed by atoms with Crippen LogP contribution in [-0.2, 0) is 0 Å². The van der Waals surface area contributed by atoms with Crippen molar-refractivity contribution in [3.63, 3.8) is 0 Å². The molecule has 1 aromatic carbocycles. The van der Waals surface area contributed by atoms with Crippen LogP contribution in [0.15, 0.2) is 28.8 Å². The highest BCUT2D eigenvalue weighted by molar-refractivity contribution is 5.54. The maximum Gasteiger partial charge on any atom is 0.244 e. The summed E-state index contributed by atoms with van der Waals surface area (Å²) in [6.07, 6.45) is 3.53. The minimum Gasteiger partial charge on any atom is -0.337 e. The molecule has 2 heterocycles. The molecular weight excluding hydrogens is 226 g/mol. The zero-order valence-corrected chi connectivity index (χ0v) is 10.5. The first-order valence-corrected chi connectivity index (χ1v) is 6.47. The third-order valence-electron chi connectivity index (χ3n) is 3.36. The Hall–Kier alpha value is -1.68. The molecule has 1 saturated heterocycles. The molecule has 1 aliphatic rings. The van der Waals surface area contributed by atoms with E-state index in [-0.39, 0.29) is 6.04 Å². The predicted octanol–water partition coefficient (Wildman–Crippen LogP) is 2.86. The van der Waals surface area contributed by atoms with Gasteiger partial charge in [-0.25, -0.2) is 0 Å². The fourth-order valence-electron chi connectivity index (χ4n) is 2.26. The first kappa shape index (κ1) is 11.4. The highest BCUT2D eigenvalue weighted by Crippen LogP contribution is 2.24. The van der Waals surface area contributed by atoms with E-state index in [0.29, 0.717) is 11.7 Å². The van der Waals surface area contributed by atoms with Crippen LogP contribution in [0.1, 0.15) is 36.8 Å². The Labute approximate surface area is 106 Å². The second-order valence-electron chi connectivity index (χ2n) is 4.82. The summed E-state index contributed by atoms with van der Waals surface area (Å²) in [5.74, 6) is 1.39. The van der Waals surface area contributed by atoms with Gasteiger partial charge in [0.15, 0.2) is 0 Å². The van der Waals surface area contributed by atoms with Crippen LogP contribution < -0.4 is 5.32 Å². The summed E-state index contributed by atoms with van der Waals surface area (Å²) in [4.78, 5) is 4.49. The minimum atomic E-state index is 0.227. The van der Waals surface area contributed by atoms with Crippen LogP contribution >= 0.6 is 0 Å². The summed E-state index contributed by atoms with van der Waals surface area (Å²) in [5.41, 5.74) is 2.24. The van der Waals surface area contributed by atoms with Crippen molar-refractivity contribution in [1.82, 2.24) is 15.5 Å². The lowest BCUT2D eigenvalue weighted by molar-refractivity contribution is 0.297. The van der Waals surface area contributed by atoms with Crippen LogP contribution in [0.5, 0.6) is 0 Å². The Kier molecular flexibility index (Phi) is 3.11. The molecule has 1 N–H and O–H groups in total. The van der Waals surface area contributed by atoms with Gasteiger partial charge in [-0.05, 0) is 26.3 Å². The molecule has 18 heavy (non-hydrogen) atoms. The standard InChI is InChI=1S/C14H17N3O/c1-10-5-7-11(8-6-10)13-16-14(18-17-13)12-4-2-3-9-15-12/h5-8,12,15H,2-4,9H2,1H3/t12-/m0/s1. The van der Waals surface area contributed by atoms with E-state index in [2.05, 4.69) is 34.5 Å². The lowest BCUT2D eigenvalue weighted by atomic mass is 10.1. The summed E-state index contributed by atoms with van der Waals surface area (Å²) < 4.78 is 5.37. The average molecular weight is 243 g/mol. The Morgan fingerprint density at radius 1 is 1.22 bits per heavy atom. The van der Waals surface area contributed by atoms with Crippen LogP contribution in [0.3, 0.4) is 0 Å². The normalized spacial score (nSPS) is 19.9. The largest absolute Gasteiger partial charge is 0.337 e. The maximum atomic E-state index is 5.37. The van der Waals surface area contributed by atoms with Gasteiger partial charge in [0.05, 0.1) is 6.04 Å². The van der Waals surface area contributed by atoms with Gasteiger partial charge in [-0.2, -0.15) is 4.98 Å². The van der Waals surface area contributed by atoms with Crippen molar-refractivity contribution in [2.45, 2.75) is 32.2 Å². The van der Waals surface area contributed by atoms with E-state index in [0.717, 1.165) is 18.5 Å². The van der Waals surface area contributed by atoms with Gasteiger partial charge in [0.1, 0.15) is 0 Å². The molecule has 1 aliphatic heterocycles. The van der Waals surface area contributed by atoms with Gasteiger partial charge in [0, 0.05) is 5.56 Å². The monoisotopic (exact) mass is 243 g/mol. The molecule has 0 spiro atoms. The lowest BCUT2D eigenvalue weighted by Gasteiger charge is -2.19. The predicted molar refractivity (Wildman–Crippen MR) is 69.1 cm³/mol. The van der Waals surface area contributed by atoms with Gasteiger partial charge in [0.25, 0.3) is 0 Å². The Balaban J connectivity index is 1.82. The molecule has 4 heteroatoms. The van der Waals surface area contributed by atoms with Crippen molar-refractivity contribution in [1.29, 1.82) is 0 Å². The van der Waals surface area contributed by atoms with Gasteiger partial charge in [-0.15, -0.1) is 0 Å². The second kappa shape index (κ2) is 4.90. The first-order valence-electron chi connectivity index (χ1n) is 6.47. The van der Waals surface area contributed by atoms with Crippen molar-refractivity contribution in [3.8, 4) is 11.4 Å². The summed E-state index contributed by atoms with van der Waals surface area (Å²) in [5, 5.41) is 7.48. The molecule has 0 unspecified atom stereocenters. The molecule has 2 aromatic rings. The van der Waals surface area contributed by atoms with E-state index in [9.17, 15) is 0 Å². The second-order valence-corrected chi connectivity index (χ2v) is 4.82.